The van der Waals surface area contributed by atoms with Crippen LogP contribution in [0.25, 0.3) is 10.9 Å². The fourth-order valence-electron chi connectivity index (χ4n) is 2.78. The Bertz CT molecular complexity index is 853. The number of nitriles is 1. The number of anilines is 1. The number of nitrogens with zero attached hydrogens (tertiary/aromatic N) is 3. The van der Waals surface area contributed by atoms with Gasteiger partial charge in [0.1, 0.15) is 11.8 Å². The number of carbonyl (C=O) groups is 1. The quantitative estimate of drug-likeness (QED) is 0.896. The Morgan fingerprint density at radius 1 is 1.52 bits per heavy atom. The summed E-state index contributed by atoms with van der Waals surface area (Å²) in [5.74, 6) is -0.649. The maximum Gasteiger partial charge on any atom is 0.387 e. The fraction of sp³-hybridized carbons (Fsp3) is 0.312. The zero-order chi connectivity index (χ0) is 18.0. The number of rotatable bonds is 4. The van der Waals surface area contributed by atoms with E-state index in [0.29, 0.717) is 23.1 Å². The van der Waals surface area contributed by atoms with Crippen molar-refractivity contribution in [2.75, 3.05) is 24.6 Å². The predicted octanol–water partition coefficient (Wildman–Crippen LogP) is 1.40. The van der Waals surface area contributed by atoms with Crippen LogP contribution in [0, 0.1) is 11.3 Å². The highest BCUT2D eigenvalue weighted by atomic mass is 19.3. The predicted molar refractivity (Wildman–Crippen MR) is 84.2 cm³/mol. The topological polar surface area (TPSA) is 101 Å². The number of fused-ring (bicyclic) bond motifs is 1. The number of benzene rings is 1. The molecule has 0 saturated carbocycles. The summed E-state index contributed by atoms with van der Waals surface area (Å²) in [5, 5.41) is 9.88. The second-order valence-corrected chi connectivity index (χ2v) is 5.40. The van der Waals surface area contributed by atoms with Crippen molar-refractivity contribution in [1.29, 1.82) is 5.26 Å². The summed E-state index contributed by atoms with van der Waals surface area (Å²) in [4.78, 5) is 17.4. The second kappa shape index (κ2) is 6.86. The molecule has 130 valence electrons. The summed E-state index contributed by atoms with van der Waals surface area (Å²) >= 11 is 0. The molecule has 1 saturated heterocycles. The van der Waals surface area contributed by atoms with Gasteiger partial charge in [0.25, 0.3) is 0 Å². The van der Waals surface area contributed by atoms with E-state index in [0.717, 1.165) is 0 Å². The van der Waals surface area contributed by atoms with Gasteiger partial charge in [-0.1, -0.05) is 0 Å². The van der Waals surface area contributed by atoms with Gasteiger partial charge in [0.05, 0.1) is 29.9 Å². The van der Waals surface area contributed by atoms with Crippen LogP contribution >= 0.6 is 0 Å². The number of aromatic nitrogens is 1. The Morgan fingerprint density at radius 2 is 2.32 bits per heavy atom. The van der Waals surface area contributed by atoms with E-state index in [-0.39, 0.29) is 24.5 Å². The van der Waals surface area contributed by atoms with Gasteiger partial charge in [-0.3, -0.25) is 9.78 Å². The third-order valence-corrected chi connectivity index (χ3v) is 3.86. The van der Waals surface area contributed by atoms with E-state index in [1.807, 2.05) is 6.07 Å². The summed E-state index contributed by atoms with van der Waals surface area (Å²) in [5.41, 5.74) is 6.55. The number of pyridine rings is 1. The van der Waals surface area contributed by atoms with Crippen molar-refractivity contribution in [3.63, 3.8) is 0 Å². The van der Waals surface area contributed by atoms with Crippen molar-refractivity contribution < 1.29 is 23.0 Å². The molecule has 1 unspecified atom stereocenters. The van der Waals surface area contributed by atoms with E-state index in [2.05, 4.69) is 9.72 Å². The van der Waals surface area contributed by atoms with Crippen LogP contribution in [0.1, 0.15) is 5.56 Å². The zero-order valence-electron chi connectivity index (χ0n) is 13.0. The van der Waals surface area contributed by atoms with E-state index in [9.17, 15) is 18.8 Å². The Kier molecular flexibility index (Phi) is 4.63. The van der Waals surface area contributed by atoms with Crippen LogP contribution < -0.4 is 15.4 Å². The number of halogens is 2. The van der Waals surface area contributed by atoms with Gasteiger partial charge in [0, 0.05) is 18.1 Å². The lowest BCUT2D eigenvalue weighted by atomic mass is 10.1. The average molecular weight is 348 g/mol. The Balaban J connectivity index is 2.10. The Morgan fingerprint density at radius 3 is 3.00 bits per heavy atom. The first kappa shape index (κ1) is 16.9. The van der Waals surface area contributed by atoms with Crippen LogP contribution in [0.3, 0.4) is 0 Å². The van der Waals surface area contributed by atoms with Crippen LogP contribution in [-0.2, 0) is 9.53 Å². The van der Waals surface area contributed by atoms with Crippen molar-refractivity contribution in [3.05, 3.63) is 30.0 Å². The number of hydrogen-bond donors (Lipinski definition) is 1. The molecule has 1 amide bonds. The number of nitrogens with two attached hydrogens (primary N) is 1. The van der Waals surface area contributed by atoms with E-state index >= 15 is 0 Å². The molecule has 0 radical (unpaired) electrons. The van der Waals surface area contributed by atoms with Crippen LogP contribution in [0.2, 0.25) is 0 Å². The lowest BCUT2D eigenvalue weighted by Gasteiger charge is -2.34. The molecule has 1 aliphatic heterocycles. The number of ether oxygens (including phenoxy) is 2. The average Bonchev–Trinajstić information content (AvgIpc) is 2.60. The van der Waals surface area contributed by atoms with Crippen LogP contribution in [0.5, 0.6) is 5.75 Å². The first-order chi connectivity index (χ1) is 12.0. The first-order valence-corrected chi connectivity index (χ1v) is 7.43. The number of alkyl halides is 2. The molecule has 1 fully saturated rings. The lowest BCUT2D eigenvalue weighted by molar-refractivity contribution is -0.130. The molecule has 0 spiro atoms. The minimum Gasteiger partial charge on any atom is -0.435 e. The molecule has 2 heterocycles. The SMILES string of the molecule is N#Cc1cnc2ccc(OC(F)F)cc2c1N1CCOC(C(N)=O)C1. The van der Waals surface area contributed by atoms with E-state index in [1.54, 1.807) is 4.90 Å². The lowest BCUT2D eigenvalue weighted by Crippen LogP contribution is -2.48. The molecular formula is C16H14F2N4O3. The number of hydrogen-bond acceptors (Lipinski definition) is 6. The van der Waals surface area contributed by atoms with Crippen LogP contribution in [0.15, 0.2) is 24.4 Å². The Hall–Kier alpha value is -2.99. The summed E-state index contributed by atoms with van der Waals surface area (Å²) in [6, 6.07) is 6.35. The van der Waals surface area contributed by atoms with Crippen molar-refractivity contribution >= 4 is 22.5 Å². The number of morpholine rings is 1. The third kappa shape index (κ3) is 3.44. The van der Waals surface area contributed by atoms with Crippen LogP contribution in [-0.4, -0.2) is 43.3 Å². The van der Waals surface area contributed by atoms with E-state index in [4.69, 9.17) is 10.5 Å². The maximum atomic E-state index is 12.5. The van der Waals surface area contributed by atoms with Gasteiger partial charge in [0.15, 0.2) is 6.10 Å². The molecule has 25 heavy (non-hydrogen) atoms. The van der Waals surface area contributed by atoms with Crippen LogP contribution in [0.4, 0.5) is 14.5 Å². The minimum absolute atomic E-state index is 0.0413. The van der Waals surface area contributed by atoms with Gasteiger partial charge < -0.3 is 20.1 Å². The highest BCUT2D eigenvalue weighted by molar-refractivity contribution is 5.95. The molecule has 7 nitrogen and oxygen atoms in total. The van der Waals surface area contributed by atoms with Gasteiger partial charge in [-0.15, -0.1) is 0 Å². The molecule has 2 N–H and O–H groups in total. The summed E-state index contributed by atoms with van der Waals surface area (Å²) in [6.45, 7) is -2.15. The van der Waals surface area contributed by atoms with Gasteiger partial charge in [-0.05, 0) is 18.2 Å². The molecule has 1 aliphatic rings. The molecular weight excluding hydrogens is 334 g/mol. The van der Waals surface area contributed by atoms with E-state index < -0.39 is 18.6 Å². The first-order valence-electron chi connectivity index (χ1n) is 7.43. The summed E-state index contributed by atoms with van der Waals surface area (Å²) in [7, 11) is 0. The van der Waals surface area contributed by atoms with Crippen molar-refractivity contribution in [2.45, 2.75) is 12.7 Å². The Labute approximate surface area is 141 Å². The standard InChI is InChI=1S/C16H14F2N4O3/c17-16(18)25-10-1-2-12-11(5-10)14(9(6-19)7-21-12)22-3-4-24-13(8-22)15(20)23/h1-2,5,7,13,16H,3-4,8H2,(H2,20,23). The van der Waals surface area contributed by atoms with Crippen molar-refractivity contribution in [3.8, 4) is 11.8 Å². The second-order valence-electron chi connectivity index (χ2n) is 5.40. The van der Waals surface area contributed by atoms with Gasteiger partial charge >= 0.3 is 6.61 Å². The number of primary amides is 1. The molecule has 1 aromatic carbocycles. The van der Waals surface area contributed by atoms with Gasteiger partial charge in [-0.25, -0.2) is 0 Å². The normalized spacial score (nSPS) is 17.5. The van der Waals surface area contributed by atoms with E-state index in [1.165, 1.54) is 24.4 Å². The molecule has 2 aromatic rings. The molecule has 9 heteroatoms. The molecule has 0 aliphatic carbocycles. The largest absolute Gasteiger partial charge is 0.435 e. The number of carbonyl (C=O) groups excluding carboxylic acids is 1. The van der Waals surface area contributed by atoms with Crippen molar-refractivity contribution in [1.82, 2.24) is 4.98 Å². The molecule has 3 rings (SSSR count). The monoisotopic (exact) mass is 348 g/mol. The van der Waals surface area contributed by atoms with Gasteiger partial charge in [0.2, 0.25) is 5.91 Å². The summed E-state index contributed by atoms with van der Waals surface area (Å²) in [6.07, 6.45) is 0.587. The number of amides is 1. The maximum absolute atomic E-state index is 12.5. The van der Waals surface area contributed by atoms with Gasteiger partial charge in [-0.2, -0.15) is 14.0 Å². The highest BCUT2D eigenvalue weighted by Gasteiger charge is 2.27. The molecule has 1 atom stereocenters. The molecule has 1 aromatic heterocycles. The fourth-order valence-corrected chi connectivity index (χ4v) is 2.78. The van der Waals surface area contributed by atoms with Crippen molar-refractivity contribution in [2.24, 2.45) is 5.73 Å². The zero-order valence-corrected chi connectivity index (χ0v) is 13.0. The highest BCUT2D eigenvalue weighted by Crippen LogP contribution is 2.33. The summed E-state index contributed by atoms with van der Waals surface area (Å²) < 4.78 is 34.7. The molecule has 0 bridgehead atoms. The smallest absolute Gasteiger partial charge is 0.387 e. The minimum atomic E-state index is -2.96. The third-order valence-electron chi connectivity index (χ3n) is 3.86.